The molecule has 40 heavy (non-hydrogen) atoms. The number of likely N-dealkylation sites (N-methyl/N-ethyl adjacent to an activating group) is 1. The Bertz CT molecular complexity index is 1310. The lowest BCUT2D eigenvalue weighted by Gasteiger charge is -2.63. The number of halogens is 3. The lowest BCUT2D eigenvalue weighted by Crippen LogP contribution is -2.71. The molecule has 216 valence electrons. The van der Waals surface area contributed by atoms with Gasteiger partial charge in [-0.1, -0.05) is 36.7 Å². The Labute approximate surface area is 237 Å². The molecule has 10 heteroatoms. The van der Waals surface area contributed by atoms with Gasteiger partial charge in [0.1, 0.15) is 6.17 Å². The maximum absolute atomic E-state index is 17.6. The zero-order valence-corrected chi connectivity index (χ0v) is 23.8. The number of aliphatic hydroxyl groups is 1. The Hall–Kier alpha value is -2.17. The Morgan fingerprint density at radius 1 is 1.25 bits per heavy atom. The average Bonchev–Trinajstić information content (AvgIpc) is 3.39. The van der Waals surface area contributed by atoms with Gasteiger partial charge in [0.2, 0.25) is 0 Å². The van der Waals surface area contributed by atoms with Crippen LogP contribution in [0.25, 0.3) is 0 Å². The van der Waals surface area contributed by atoms with Crippen LogP contribution >= 0.6 is 11.6 Å². The number of carbonyl (C=O) groups excluding carboxylic acids is 2. The van der Waals surface area contributed by atoms with Crippen molar-refractivity contribution in [3.8, 4) is 0 Å². The Balaban J connectivity index is 1.41. The summed E-state index contributed by atoms with van der Waals surface area (Å²) in [5.74, 6) is -2.50. The highest BCUT2D eigenvalue weighted by molar-refractivity contribution is 6.30. The van der Waals surface area contributed by atoms with E-state index in [-0.39, 0.29) is 30.1 Å². The predicted molar refractivity (Wildman–Crippen MR) is 143 cm³/mol. The molecule has 1 unspecified atom stereocenters. The van der Waals surface area contributed by atoms with Crippen molar-refractivity contribution in [2.45, 2.75) is 63.2 Å². The van der Waals surface area contributed by atoms with Gasteiger partial charge in [-0.15, -0.1) is 0 Å². The van der Waals surface area contributed by atoms with Gasteiger partial charge in [0.25, 0.3) is 5.91 Å². The molecule has 1 aliphatic heterocycles. The minimum Gasteiger partial charge on any atom is -0.390 e. The van der Waals surface area contributed by atoms with E-state index in [1.807, 2.05) is 19.1 Å². The van der Waals surface area contributed by atoms with Crippen LogP contribution in [0, 0.1) is 28.6 Å². The molecule has 4 fully saturated rings. The fourth-order valence-corrected chi connectivity index (χ4v) is 9.01. The number of rotatable bonds is 4. The molecule has 0 radical (unpaired) electrons. The number of benzene rings is 1. The summed E-state index contributed by atoms with van der Waals surface area (Å²) in [6.07, 6.45) is 0.978. The van der Waals surface area contributed by atoms with Crippen molar-refractivity contribution in [1.29, 1.82) is 0 Å². The van der Waals surface area contributed by atoms with Crippen LogP contribution in [0.4, 0.5) is 8.78 Å². The van der Waals surface area contributed by atoms with Gasteiger partial charge in [0.15, 0.2) is 17.1 Å². The van der Waals surface area contributed by atoms with E-state index in [0.717, 1.165) is 10.6 Å². The molecule has 1 aromatic carbocycles. The molecule has 4 aliphatic carbocycles. The fraction of sp³-hybridized carbons (Fsp3) is 0.600. The first-order chi connectivity index (χ1) is 18.8. The zero-order valence-electron chi connectivity index (χ0n) is 23.1. The van der Waals surface area contributed by atoms with Gasteiger partial charge in [0.05, 0.1) is 13.2 Å². The molecule has 1 amide bonds. The van der Waals surface area contributed by atoms with Crippen LogP contribution in [0.1, 0.15) is 38.7 Å². The topological polar surface area (TPSA) is 79.3 Å². The summed E-state index contributed by atoms with van der Waals surface area (Å²) in [7, 11) is 2.90. The van der Waals surface area contributed by atoms with Gasteiger partial charge in [-0.2, -0.15) is 5.06 Å². The number of allylic oxidation sites excluding steroid dienone is 4. The van der Waals surface area contributed by atoms with Crippen LogP contribution in [0.3, 0.4) is 0 Å². The lowest BCUT2D eigenvalue weighted by molar-refractivity contribution is -0.281. The highest BCUT2D eigenvalue weighted by atomic mass is 35.5. The van der Waals surface area contributed by atoms with Gasteiger partial charge in [-0.05, 0) is 67.5 Å². The smallest absolute Gasteiger partial charge is 0.281 e. The number of hydroxylamine groups is 4. The first-order valence-corrected chi connectivity index (χ1v) is 14.2. The highest BCUT2D eigenvalue weighted by Gasteiger charge is 2.80. The maximum Gasteiger partial charge on any atom is 0.281 e. The number of amides is 1. The number of aliphatic hydroxyl groups excluding tert-OH is 1. The standard InChI is InChI=1S/C30H35ClF2N2O5/c1-27-10-9-20(36)12-23(27)24(32)13-22-21-11-18-16-35(15-17-5-7-19(31)8-6-17)40-30(18,26(38)34(3)39-4)28(21,2)14-25(37)29(22,27)33/h5-10,12,18,21-22,24-25,37H,11,13-16H2,1-4H3/t18-,21?,22-,24-,25-,27-,28-,29-,30-/m0/s1. The molecule has 5 aliphatic rings. The molecule has 0 bridgehead atoms. The van der Waals surface area contributed by atoms with E-state index in [9.17, 15) is 14.7 Å². The normalized spacial score (nSPS) is 44.0. The van der Waals surface area contributed by atoms with Gasteiger partial charge >= 0.3 is 0 Å². The number of fused-ring (bicyclic) bond motifs is 7. The van der Waals surface area contributed by atoms with Crippen molar-refractivity contribution in [2.75, 3.05) is 20.7 Å². The Morgan fingerprint density at radius 3 is 2.62 bits per heavy atom. The number of ketones is 1. The van der Waals surface area contributed by atoms with Crippen LogP contribution in [-0.2, 0) is 25.8 Å². The molecule has 1 heterocycles. The van der Waals surface area contributed by atoms with E-state index in [1.165, 1.54) is 32.4 Å². The summed E-state index contributed by atoms with van der Waals surface area (Å²) >= 11 is 6.05. The first kappa shape index (κ1) is 28.0. The summed E-state index contributed by atoms with van der Waals surface area (Å²) in [5, 5.41) is 15.2. The van der Waals surface area contributed by atoms with Crippen LogP contribution in [0.15, 0.2) is 48.1 Å². The summed E-state index contributed by atoms with van der Waals surface area (Å²) < 4.78 is 33.4. The molecule has 0 aromatic heterocycles. The molecule has 1 N–H and O–H groups in total. The van der Waals surface area contributed by atoms with E-state index in [0.29, 0.717) is 24.5 Å². The first-order valence-electron chi connectivity index (χ1n) is 13.8. The Morgan fingerprint density at radius 2 is 1.95 bits per heavy atom. The van der Waals surface area contributed by atoms with Crippen molar-refractivity contribution < 1.29 is 33.2 Å². The predicted octanol–water partition coefficient (Wildman–Crippen LogP) is 4.39. The minimum atomic E-state index is -2.22. The third-order valence-corrected chi connectivity index (χ3v) is 11.1. The maximum atomic E-state index is 17.6. The lowest BCUT2D eigenvalue weighted by atomic mass is 9.44. The minimum absolute atomic E-state index is 0.0686. The van der Waals surface area contributed by atoms with Crippen molar-refractivity contribution in [3.63, 3.8) is 0 Å². The summed E-state index contributed by atoms with van der Waals surface area (Å²) in [4.78, 5) is 38.2. The average molecular weight is 577 g/mol. The van der Waals surface area contributed by atoms with Crippen molar-refractivity contribution in [2.24, 2.45) is 28.6 Å². The van der Waals surface area contributed by atoms with Gasteiger partial charge in [-0.25, -0.2) is 13.8 Å². The third kappa shape index (κ3) is 3.48. The van der Waals surface area contributed by atoms with Crippen LogP contribution in [-0.4, -0.2) is 71.2 Å². The number of hydrogen-bond acceptors (Lipinski definition) is 6. The molecule has 1 saturated heterocycles. The van der Waals surface area contributed by atoms with Crippen LogP contribution in [0.2, 0.25) is 5.02 Å². The van der Waals surface area contributed by atoms with E-state index in [2.05, 4.69) is 0 Å². The molecular formula is C30H35ClF2N2O5. The third-order valence-electron chi connectivity index (χ3n) is 10.8. The second kappa shape index (κ2) is 9.16. The number of hydrogen-bond donors (Lipinski definition) is 1. The van der Waals surface area contributed by atoms with Crippen LogP contribution < -0.4 is 0 Å². The number of nitrogens with zero attached hydrogens (tertiary/aromatic N) is 2. The van der Waals surface area contributed by atoms with Crippen molar-refractivity contribution >= 4 is 23.3 Å². The largest absolute Gasteiger partial charge is 0.390 e. The van der Waals surface area contributed by atoms with E-state index in [1.54, 1.807) is 24.1 Å². The second-order valence-corrected chi connectivity index (χ2v) is 13.0. The summed E-state index contributed by atoms with van der Waals surface area (Å²) in [6, 6.07) is 7.35. The monoisotopic (exact) mass is 576 g/mol. The van der Waals surface area contributed by atoms with Gasteiger partial charge in [-0.3, -0.25) is 19.3 Å². The van der Waals surface area contributed by atoms with Crippen LogP contribution in [0.5, 0.6) is 0 Å². The summed E-state index contributed by atoms with van der Waals surface area (Å²) in [6.45, 7) is 4.24. The second-order valence-electron chi connectivity index (χ2n) is 12.6. The molecule has 0 spiro atoms. The van der Waals surface area contributed by atoms with E-state index < -0.39 is 52.1 Å². The molecule has 9 atom stereocenters. The fourth-order valence-electron chi connectivity index (χ4n) is 8.89. The zero-order chi connectivity index (χ0) is 28.8. The number of alkyl halides is 2. The van der Waals surface area contributed by atoms with Crippen molar-refractivity contribution in [1.82, 2.24) is 10.1 Å². The van der Waals surface area contributed by atoms with Gasteiger partial charge in [0, 0.05) is 47.8 Å². The van der Waals surface area contributed by atoms with Crippen molar-refractivity contribution in [3.05, 3.63) is 58.7 Å². The SMILES string of the molecule is CON(C)C(=O)[C@@]12ON(Cc3ccc(Cl)cc3)C[C@@H]1CC1[C@@H]3C[C@H](F)C4=CC(=O)C=C[C@]4(C)[C@@]3(F)[C@@H](O)C[C@@]12C. The Kier molecular flexibility index (Phi) is 6.41. The molecular weight excluding hydrogens is 542 g/mol. The molecule has 7 nitrogen and oxygen atoms in total. The number of carbonyl (C=O) groups is 2. The highest BCUT2D eigenvalue weighted by Crippen LogP contribution is 2.72. The van der Waals surface area contributed by atoms with E-state index >= 15 is 8.78 Å². The quantitative estimate of drug-likeness (QED) is 0.536. The molecule has 6 rings (SSSR count). The molecule has 3 saturated carbocycles. The summed E-state index contributed by atoms with van der Waals surface area (Å²) in [5.41, 5.74) is -5.15. The van der Waals surface area contributed by atoms with E-state index in [4.69, 9.17) is 21.3 Å². The van der Waals surface area contributed by atoms with Gasteiger partial charge < -0.3 is 5.11 Å². The molecule has 1 aromatic rings.